The van der Waals surface area contributed by atoms with E-state index in [1.807, 2.05) is 19.2 Å². The van der Waals surface area contributed by atoms with Crippen LogP contribution in [0.5, 0.6) is 5.75 Å². The van der Waals surface area contributed by atoms with E-state index in [4.69, 9.17) is 9.47 Å². The molecule has 0 heterocycles. The Balaban J connectivity index is 3.27. The van der Waals surface area contributed by atoms with Crippen molar-refractivity contribution in [3.63, 3.8) is 0 Å². The van der Waals surface area contributed by atoms with Crippen LogP contribution in [0.25, 0.3) is 0 Å². The van der Waals surface area contributed by atoms with Crippen LogP contribution in [0.2, 0.25) is 0 Å². The minimum atomic E-state index is -4.95. The Morgan fingerprint density at radius 2 is 1.73 bits per heavy atom. The summed E-state index contributed by atoms with van der Waals surface area (Å²) in [5.41, 5.74) is 0.0171. The number of hydrogen-bond acceptors (Lipinski definition) is 3. The molecule has 0 aromatic heterocycles. The van der Waals surface area contributed by atoms with Gasteiger partial charge in [0.1, 0.15) is 5.75 Å². The average Bonchev–Trinajstić information content (AvgIpc) is 2.48. The third-order valence-electron chi connectivity index (χ3n) is 3.72. The van der Waals surface area contributed by atoms with Crippen LogP contribution in [-0.4, -0.2) is 26.3 Å². The Bertz CT molecular complexity index is 517. The lowest BCUT2D eigenvalue weighted by Gasteiger charge is -2.31. The number of carbonyl (C=O) groups excluding carboxylic acids is 1. The molecule has 0 aliphatic carbocycles. The van der Waals surface area contributed by atoms with Crippen LogP contribution in [0.1, 0.15) is 32.3 Å². The fraction of sp³-hybridized carbons (Fsp3) is 0.533. The zero-order chi connectivity index (χ0) is 17.0. The van der Waals surface area contributed by atoms with Gasteiger partial charge in [0.05, 0.1) is 12.7 Å². The fourth-order valence-corrected chi connectivity index (χ4v) is 2.32. The molecular weight excluding hydrogens is 299 g/mol. The van der Waals surface area contributed by atoms with Crippen molar-refractivity contribution in [1.29, 1.82) is 0 Å². The first-order chi connectivity index (χ1) is 10.2. The molecule has 0 radical (unpaired) electrons. The Kier molecular flexibility index (Phi) is 5.82. The number of alkyl halides is 3. The molecule has 0 spiro atoms. The van der Waals surface area contributed by atoms with Gasteiger partial charge >= 0.3 is 12.1 Å². The zero-order valence-corrected chi connectivity index (χ0v) is 13.0. The van der Waals surface area contributed by atoms with Gasteiger partial charge in [-0.1, -0.05) is 13.8 Å². The summed E-state index contributed by atoms with van der Waals surface area (Å²) in [6, 6.07) is 4.50. The maximum absolute atomic E-state index is 12.4. The zero-order valence-electron chi connectivity index (χ0n) is 13.0. The van der Waals surface area contributed by atoms with Gasteiger partial charge in [-0.15, -0.1) is 0 Å². The maximum Gasteiger partial charge on any atom is 0.471 e. The molecule has 4 nitrogen and oxygen atoms in total. The number of rotatable bonds is 6. The number of carbonyl (C=O) groups is 1. The molecule has 0 aliphatic heterocycles. The lowest BCUT2D eigenvalue weighted by atomic mass is 9.88. The molecule has 0 saturated heterocycles. The minimum absolute atomic E-state index is 0.0139. The molecule has 0 unspecified atom stereocenters. The van der Waals surface area contributed by atoms with Crippen molar-refractivity contribution in [2.75, 3.05) is 19.5 Å². The Hall–Kier alpha value is -1.76. The Labute approximate surface area is 127 Å². The van der Waals surface area contributed by atoms with Crippen LogP contribution in [0.3, 0.4) is 0 Å². The van der Waals surface area contributed by atoms with E-state index in [2.05, 4.69) is 0 Å². The number of ether oxygens (including phenoxy) is 2. The molecule has 7 heteroatoms. The first kappa shape index (κ1) is 18.3. The Morgan fingerprint density at radius 1 is 1.14 bits per heavy atom. The number of benzene rings is 1. The van der Waals surface area contributed by atoms with Crippen molar-refractivity contribution < 1.29 is 27.4 Å². The molecular formula is C15H20F3NO3. The number of amides is 1. The molecule has 0 saturated carbocycles. The van der Waals surface area contributed by atoms with Crippen molar-refractivity contribution in [3.8, 4) is 5.75 Å². The van der Waals surface area contributed by atoms with Gasteiger partial charge in [-0.05, 0) is 30.5 Å². The smallest absolute Gasteiger partial charge is 0.471 e. The van der Waals surface area contributed by atoms with Crippen molar-refractivity contribution in [2.24, 2.45) is 0 Å². The van der Waals surface area contributed by atoms with Crippen LogP contribution in [0.4, 0.5) is 18.9 Å². The fourth-order valence-electron chi connectivity index (χ4n) is 2.32. The van der Waals surface area contributed by atoms with Gasteiger partial charge in [-0.2, -0.15) is 13.2 Å². The van der Waals surface area contributed by atoms with E-state index in [-0.39, 0.29) is 5.69 Å². The van der Waals surface area contributed by atoms with Gasteiger partial charge in [-0.3, -0.25) is 4.79 Å². The van der Waals surface area contributed by atoms with E-state index in [0.717, 1.165) is 0 Å². The van der Waals surface area contributed by atoms with E-state index < -0.39 is 17.7 Å². The summed E-state index contributed by atoms with van der Waals surface area (Å²) in [5, 5.41) is 1.84. The summed E-state index contributed by atoms with van der Waals surface area (Å²) >= 11 is 0. The molecule has 1 aromatic carbocycles. The van der Waals surface area contributed by atoms with Gasteiger partial charge in [0, 0.05) is 18.9 Å². The van der Waals surface area contributed by atoms with Crippen LogP contribution >= 0.6 is 0 Å². The van der Waals surface area contributed by atoms with Gasteiger partial charge in [0.2, 0.25) is 0 Å². The first-order valence-electron chi connectivity index (χ1n) is 6.85. The van der Waals surface area contributed by atoms with Gasteiger partial charge in [0.15, 0.2) is 0 Å². The molecule has 0 fully saturated rings. The Morgan fingerprint density at radius 3 is 2.14 bits per heavy atom. The van der Waals surface area contributed by atoms with E-state index in [9.17, 15) is 18.0 Å². The lowest BCUT2D eigenvalue weighted by Crippen LogP contribution is -2.30. The maximum atomic E-state index is 12.4. The number of methoxy groups -OCH3 is 2. The van der Waals surface area contributed by atoms with Crippen LogP contribution in [-0.2, 0) is 15.1 Å². The van der Waals surface area contributed by atoms with Crippen molar-refractivity contribution in [1.82, 2.24) is 0 Å². The lowest BCUT2D eigenvalue weighted by molar-refractivity contribution is -0.167. The first-order valence-corrected chi connectivity index (χ1v) is 6.85. The standard InChI is InChI=1S/C15H20F3NO3/c1-5-14(6-2,22-4)10-7-11(9-12(8-10)21-3)19-13(20)15(16,17)18/h7-9H,5-6H2,1-4H3,(H,19,20). The normalized spacial score (nSPS) is 12.1. The van der Waals surface area contributed by atoms with E-state index >= 15 is 0 Å². The largest absolute Gasteiger partial charge is 0.497 e. The predicted molar refractivity (Wildman–Crippen MR) is 76.9 cm³/mol. The summed E-state index contributed by atoms with van der Waals surface area (Å²) in [6.07, 6.45) is -3.70. The molecule has 1 N–H and O–H groups in total. The molecule has 1 aromatic rings. The second kappa shape index (κ2) is 7.00. The monoisotopic (exact) mass is 319 g/mol. The third-order valence-corrected chi connectivity index (χ3v) is 3.72. The minimum Gasteiger partial charge on any atom is -0.497 e. The third kappa shape index (κ3) is 3.91. The number of anilines is 1. The van der Waals surface area contributed by atoms with Crippen LogP contribution in [0.15, 0.2) is 18.2 Å². The predicted octanol–water partition coefficient (Wildman–Crippen LogP) is 3.86. The summed E-state index contributed by atoms with van der Waals surface area (Å²) in [4.78, 5) is 11.1. The summed E-state index contributed by atoms with van der Waals surface area (Å²) in [6.45, 7) is 3.83. The SMILES string of the molecule is CCC(CC)(OC)c1cc(NC(=O)C(F)(F)F)cc(OC)c1. The van der Waals surface area contributed by atoms with Crippen LogP contribution in [0, 0.1) is 0 Å². The molecule has 0 bridgehead atoms. The highest BCUT2D eigenvalue weighted by Gasteiger charge is 2.39. The van der Waals surface area contributed by atoms with Gasteiger partial charge in [0.25, 0.3) is 0 Å². The molecule has 1 amide bonds. The molecule has 124 valence electrons. The quantitative estimate of drug-likeness (QED) is 0.866. The number of nitrogens with one attached hydrogen (secondary N) is 1. The molecule has 0 atom stereocenters. The highest BCUT2D eigenvalue weighted by Crippen LogP contribution is 2.36. The molecule has 0 aliphatic rings. The summed E-state index contributed by atoms with van der Waals surface area (Å²) < 4.78 is 47.8. The van der Waals surface area contributed by atoms with Crippen molar-refractivity contribution in [2.45, 2.75) is 38.5 Å². The van der Waals surface area contributed by atoms with Crippen LogP contribution < -0.4 is 10.1 Å². The molecule has 22 heavy (non-hydrogen) atoms. The van der Waals surface area contributed by atoms with Gasteiger partial charge in [-0.25, -0.2) is 0 Å². The number of halogens is 3. The second-order valence-corrected chi connectivity index (χ2v) is 4.81. The summed E-state index contributed by atoms with van der Waals surface area (Å²) in [5.74, 6) is -1.68. The van der Waals surface area contributed by atoms with E-state index in [1.165, 1.54) is 19.2 Å². The van der Waals surface area contributed by atoms with E-state index in [0.29, 0.717) is 24.2 Å². The number of hydrogen-bond donors (Lipinski definition) is 1. The van der Waals surface area contributed by atoms with Crippen molar-refractivity contribution in [3.05, 3.63) is 23.8 Å². The average molecular weight is 319 g/mol. The van der Waals surface area contributed by atoms with E-state index in [1.54, 1.807) is 13.2 Å². The summed E-state index contributed by atoms with van der Waals surface area (Å²) in [7, 11) is 2.95. The topological polar surface area (TPSA) is 47.6 Å². The second-order valence-electron chi connectivity index (χ2n) is 4.81. The molecule has 1 rings (SSSR count). The highest BCUT2D eigenvalue weighted by atomic mass is 19.4. The highest BCUT2D eigenvalue weighted by molar-refractivity contribution is 5.95. The van der Waals surface area contributed by atoms with Gasteiger partial charge < -0.3 is 14.8 Å². The van der Waals surface area contributed by atoms with Crippen molar-refractivity contribution >= 4 is 11.6 Å².